The Balaban J connectivity index is 2.15. The average molecular weight is 324 g/mol. The number of rotatable bonds is 0. The minimum atomic E-state index is -0.470. The van der Waals surface area contributed by atoms with Gasteiger partial charge in [0.15, 0.2) is 0 Å². The molecule has 0 aromatic carbocycles. The SMILES string of the molecule is CC(C)(C)NC1=NCCNC12CCCN(C(=O)OC(C)(C)C)C2. The van der Waals surface area contributed by atoms with Gasteiger partial charge >= 0.3 is 6.09 Å². The first-order valence-corrected chi connectivity index (χ1v) is 8.57. The van der Waals surface area contributed by atoms with Crippen LogP contribution in [0.3, 0.4) is 0 Å². The summed E-state index contributed by atoms with van der Waals surface area (Å²) >= 11 is 0. The molecule has 0 bridgehead atoms. The van der Waals surface area contributed by atoms with Crippen LogP contribution < -0.4 is 10.6 Å². The van der Waals surface area contributed by atoms with Crippen LogP contribution in [0.4, 0.5) is 4.79 Å². The fourth-order valence-electron chi connectivity index (χ4n) is 3.09. The summed E-state index contributed by atoms with van der Waals surface area (Å²) in [4.78, 5) is 19.0. The quantitative estimate of drug-likeness (QED) is 0.716. The van der Waals surface area contributed by atoms with Crippen molar-refractivity contribution in [2.24, 2.45) is 4.99 Å². The van der Waals surface area contributed by atoms with E-state index in [4.69, 9.17) is 9.73 Å². The van der Waals surface area contributed by atoms with Crippen LogP contribution in [0.25, 0.3) is 0 Å². The Morgan fingerprint density at radius 2 is 2.00 bits per heavy atom. The molecule has 0 radical (unpaired) electrons. The number of amides is 1. The second-order valence-electron chi connectivity index (χ2n) is 8.62. The molecule has 1 unspecified atom stereocenters. The number of nitrogens with one attached hydrogen (secondary N) is 2. The van der Waals surface area contributed by atoms with Gasteiger partial charge in [-0.05, 0) is 54.4 Å². The van der Waals surface area contributed by atoms with E-state index in [1.807, 2.05) is 25.7 Å². The van der Waals surface area contributed by atoms with Gasteiger partial charge in [-0.3, -0.25) is 4.99 Å². The zero-order valence-corrected chi connectivity index (χ0v) is 15.5. The van der Waals surface area contributed by atoms with E-state index in [1.165, 1.54) is 0 Å². The predicted molar refractivity (Wildman–Crippen MR) is 93.0 cm³/mol. The van der Waals surface area contributed by atoms with Gasteiger partial charge in [0.05, 0.1) is 12.1 Å². The van der Waals surface area contributed by atoms with Crippen LogP contribution in [0, 0.1) is 0 Å². The number of carbonyl (C=O) groups excluding carboxylic acids is 1. The van der Waals surface area contributed by atoms with Crippen LogP contribution in [0.1, 0.15) is 54.4 Å². The van der Waals surface area contributed by atoms with E-state index in [0.717, 1.165) is 38.3 Å². The molecule has 0 saturated carbocycles. The van der Waals surface area contributed by atoms with Gasteiger partial charge in [-0.2, -0.15) is 0 Å². The summed E-state index contributed by atoms with van der Waals surface area (Å²) in [5, 5.41) is 7.15. The fraction of sp³-hybridized carbons (Fsp3) is 0.882. The first-order chi connectivity index (χ1) is 10.5. The predicted octanol–water partition coefficient (Wildman–Crippen LogP) is 2.15. The number of ether oxygens (including phenoxy) is 1. The van der Waals surface area contributed by atoms with E-state index in [2.05, 4.69) is 31.4 Å². The van der Waals surface area contributed by atoms with Gasteiger partial charge < -0.3 is 20.3 Å². The standard InChI is InChI=1S/C17H32N4O2/c1-15(2,3)20-13-17(19-10-9-18-13)8-7-11-21(12-17)14(22)23-16(4,5)6/h19H,7-12H2,1-6H3,(H,18,20). The van der Waals surface area contributed by atoms with Crippen LogP contribution in [-0.2, 0) is 4.74 Å². The molecule has 23 heavy (non-hydrogen) atoms. The molecule has 2 aliphatic rings. The van der Waals surface area contributed by atoms with Gasteiger partial charge in [0.2, 0.25) is 0 Å². The van der Waals surface area contributed by atoms with Gasteiger partial charge in [-0.1, -0.05) is 0 Å². The van der Waals surface area contributed by atoms with Crippen molar-refractivity contribution in [3.05, 3.63) is 0 Å². The van der Waals surface area contributed by atoms with Crippen molar-refractivity contribution in [3.8, 4) is 0 Å². The van der Waals surface area contributed by atoms with E-state index in [-0.39, 0.29) is 17.2 Å². The van der Waals surface area contributed by atoms with Crippen molar-refractivity contribution in [1.29, 1.82) is 0 Å². The third kappa shape index (κ3) is 4.83. The molecule has 132 valence electrons. The molecular formula is C17H32N4O2. The van der Waals surface area contributed by atoms with Crippen molar-refractivity contribution < 1.29 is 9.53 Å². The zero-order chi connectivity index (χ0) is 17.3. The number of amidine groups is 1. The highest BCUT2D eigenvalue weighted by Crippen LogP contribution is 2.26. The molecule has 2 rings (SSSR count). The largest absolute Gasteiger partial charge is 0.444 e. The second kappa shape index (κ2) is 6.30. The molecule has 0 aliphatic carbocycles. The number of piperidine rings is 1. The maximum atomic E-state index is 12.4. The molecule has 0 aromatic rings. The Hall–Kier alpha value is -1.30. The normalized spacial score (nSPS) is 26.0. The summed E-state index contributed by atoms with van der Waals surface area (Å²) < 4.78 is 5.55. The first-order valence-electron chi connectivity index (χ1n) is 8.57. The molecule has 1 saturated heterocycles. The number of hydrogen-bond acceptors (Lipinski definition) is 5. The Morgan fingerprint density at radius 3 is 2.61 bits per heavy atom. The van der Waals surface area contributed by atoms with Crippen molar-refractivity contribution in [1.82, 2.24) is 15.5 Å². The van der Waals surface area contributed by atoms with Gasteiger partial charge in [0, 0.05) is 25.2 Å². The molecular weight excluding hydrogens is 292 g/mol. The van der Waals surface area contributed by atoms with Crippen molar-refractivity contribution >= 4 is 11.9 Å². The van der Waals surface area contributed by atoms with E-state index in [9.17, 15) is 4.79 Å². The maximum Gasteiger partial charge on any atom is 0.410 e. The highest BCUT2D eigenvalue weighted by molar-refractivity contribution is 5.93. The van der Waals surface area contributed by atoms with Crippen LogP contribution in [0.15, 0.2) is 4.99 Å². The van der Waals surface area contributed by atoms with Crippen molar-refractivity contribution in [2.75, 3.05) is 26.2 Å². The molecule has 2 aliphatic heterocycles. The fourth-order valence-corrected chi connectivity index (χ4v) is 3.09. The molecule has 2 heterocycles. The summed E-state index contributed by atoms with van der Waals surface area (Å²) in [5.74, 6) is 0.976. The summed E-state index contributed by atoms with van der Waals surface area (Å²) in [6.45, 7) is 15.0. The Morgan fingerprint density at radius 1 is 1.30 bits per heavy atom. The Bertz CT molecular complexity index is 476. The number of aliphatic imine (C=N–C) groups is 1. The van der Waals surface area contributed by atoms with Crippen LogP contribution in [0.5, 0.6) is 0 Å². The van der Waals surface area contributed by atoms with Gasteiger partial charge in [0.1, 0.15) is 11.4 Å². The molecule has 1 amide bonds. The van der Waals surface area contributed by atoms with Crippen LogP contribution >= 0.6 is 0 Å². The lowest BCUT2D eigenvalue weighted by Gasteiger charge is -2.47. The summed E-state index contributed by atoms with van der Waals surface area (Å²) in [5.41, 5.74) is -0.804. The lowest BCUT2D eigenvalue weighted by molar-refractivity contribution is 0.0154. The highest BCUT2D eigenvalue weighted by Gasteiger charge is 2.44. The maximum absolute atomic E-state index is 12.4. The molecule has 1 fully saturated rings. The number of carbonyl (C=O) groups is 1. The average Bonchev–Trinajstić information content (AvgIpc) is 2.38. The summed E-state index contributed by atoms with van der Waals surface area (Å²) in [6.07, 6.45) is 1.68. The monoisotopic (exact) mass is 324 g/mol. The minimum absolute atomic E-state index is 0.0565. The first kappa shape index (κ1) is 18.0. The van der Waals surface area contributed by atoms with Crippen LogP contribution in [-0.4, -0.2) is 59.7 Å². The molecule has 1 spiro atoms. The summed E-state index contributed by atoms with van der Waals surface area (Å²) in [6, 6.07) is 0. The molecule has 1 atom stereocenters. The lowest BCUT2D eigenvalue weighted by Crippen LogP contribution is -2.69. The van der Waals surface area contributed by atoms with Crippen LogP contribution in [0.2, 0.25) is 0 Å². The van der Waals surface area contributed by atoms with Gasteiger partial charge in [-0.15, -0.1) is 0 Å². The van der Waals surface area contributed by atoms with Gasteiger partial charge in [0.25, 0.3) is 0 Å². The molecule has 6 heteroatoms. The topological polar surface area (TPSA) is 66.0 Å². The van der Waals surface area contributed by atoms with E-state index < -0.39 is 5.60 Å². The molecule has 2 N–H and O–H groups in total. The van der Waals surface area contributed by atoms with Crippen molar-refractivity contribution in [3.63, 3.8) is 0 Å². The Kier molecular flexibility index (Phi) is 4.95. The van der Waals surface area contributed by atoms with E-state index >= 15 is 0 Å². The van der Waals surface area contributed by atoms with Gasteiger partial charge in [-0.25, -0.2) is 4.79 Å². The number of likely N-dealkylation sites (tertiary alicyclic amines) is 1. The highest BCUT2D eigenvalue weighted by atomic mass is 16.6. The Labute approximate surface area is 140 Å². The minimum Gasteiger partial charge on any atom is -0.444 e. The molecule has 0 aromatic heterocycles. The number of hydrogen-bond donors (Lipinski definition) is 2. The third-order valence-electron chi connectivity index (χ3n) is 3.94. The lowest BCUT2D eigenvalue weighted by atomic mass is 9.85. The van der Waals surface area contributed by atoms with E-state index in [0.29, 0.717) is 6.54 Å². The zero-order valence-electron chi connectivity index (χ0n) is 15.5. The van der Waals surface area contributed by atoms with E-state index in [1.54, 1.807) is 0 Å². The third-order valence-corrected chi connectivity index (χ3v) is 3.94. The molecule has 6 nitrogen and oxygen atoms in total. The summed E-state index contributed by atoms with van der Waals surface area (Å²) in [7, 11) is 0. The number of nitrogens with zero attached hydrogens (tertiary/aromatic N) is 2. The smallest absolute Gasteiger partial charge is 0.410 e. The van der Waals surface area contributed by atoms with Crippen molar-refractivity contribution in [2.45, 2.75) is 71.1 Å². The second-order valence-corrected chi connectivity index (χ2v) is 8.62.